The maximum atomic E-state index is 13.2. The monoisotopic (exact) mass is 371 g/mol. The van der Waals surface area contributed by atoms with Crippen LogP contribution in [0.5, 0.6) is 23.0 Å². The molecule has 1 amide bonds. The number of nitrogens with zero attached hydrogens (tertiary/aromatic N) is 1. The lowest BCUT2D eigenvalue weighted by Crippen LogP contribution is -2.36. The molecular formula is C19H17NO7. The van der Waals surface area contributed by atoms with Crippen molar-refractivity contribution in [3.63, 3.8) is 0 Å². The highest BCUT2D eigenvalue weighted by atomic mass is 16.6. The number of rotatable bonds is 4. The Hall–Kier alpha value is -3.42. The quantitative estimate of drug-likeness (QED) is 0.764. The molecule has 27 heavy (non-hydrogen) atoms. The molecule has 0 aromatic heterocycles. The minimum Gasteiger partial charge on any atom is -0.493 e. The van der Waals surface area contributed by atoms with Crippen LogP contribution in [0.1, 0.15) is 32.5 Å². The van der Waals surface area contributed by atoms with Gasteiger partial charge in [0.2, 0.25) is 6.23 Å². The fourth-order valence-electron chi connectivity index (χ4n) is 3.48. The Balaban J connectivity index is 1.93. The smallest absolute Gasteiger partial charge is 0.342 e. The Morgan fingerprint density at radius 2 is 1.56 bits per heavy atom. The molecule has 1 atom stereocenters. The fourth-order valence-corrected chi connectivity index (χ4v) is 3.48. The van der Waals surface area contributed by atoms with E-state index in [1.165, 1.54) is 39.4 Å². The Kier molecular flexibility index (Phi) is 3.83. The molecule has 2 aromatic rings. The van der Waals surface area contributed by atoms with E-state index in [9.17, 15) is 9.59 Å². The number of esters is 1. The highest BCUT2D eigenvalue weighted by molar-refractivity contribution is 6.17. The predicted molar refractivity (Wildman–Crippen MR) is 94.1 cm³/mol. The van der Waals surface area contributed by atoms with Crippen molar-refractivity contribution in [2.45, 2.75) is 6.23 Å². The summed E-state index contributed by atoms with van der Waals surface area (Å²) in [6.07, 6.45) is -0.884. The van der Waals surface area contributed by atoms with Gasteiger partial charge in [0.05, 0.1) is 45.3 Å². The summed E-state index contributed by atoms with van der Waals surface area (Å²) in [5.74, 6) is 0.582. The van der Waals surface area contributed by atoms with E-state index in [4.69, 9.17) is 23.7 Å². The van der Waals surface area contributed by atoms with E-state index >= 15 is 0 Å². The molecule has 1 unspecified atom stereocenters. The molecule has 0 N–H and O–H groups in total. The number of ether oxygens (including phenoxy) is 5. The van der Waals surface area contributed by atoms with Crippen molar-refractivity contribution in [1.82, 2.24) is 0 Å². The number of amides is 1. The zero-order valence-electron chi connectivity index (χ0n) is 15.2. The highest BCUT2D eigenvalue weighted by Gasteiger charge is 2.48. The van der Waals surface area contributed by atoms with Crippen LogP contribution in [-0.4, -0.2) is 40.3 Å². The summed E-state index contributed by atoms with van der Waals surface area (Å²) in [5, 5.41) is 0. The van der Waals surface area contributed by atoms with Gasteiger partial charge in [0.1, 0.15) is 0 Å². The van der Waals surface area contributed by atoms with Crippen LogP contribution < -0.4 is 23.8 Å². The van der Waals surface area contributed by atoms with Crippen molar-refractivity contribution in [1.29, 1.82) is 0 Å². The summed E-state index contributed by atoms with van der Waals surface area (Å²) in [5.41, 5.74) is 1.44. The van der Waals surface area contributed by atoms with Crippen molar-refractivity contribution in [3.8, 4) is 23.0 Å². The van der Waals surface area contributed by atoms with Gasteiger partial charge in [0, 0.05) is 17.7 Å². The Labute approximate surface area is 155 Å². The number of carbonyl (C=O) groups is 2. The van der Waals surface area contributed by atoms with E-state index in [1.807, 2.05) is 0 Å². The van der Waals surface area contributed by atoms with Crippen LogP contribution in [0.25, 0.3) is 0 Å². The van der Waals surface area contributed by atoms with Crippen LogP contribution in [0, 0.1) is 0 Å². The second-order valence-electron chi connectivity index (χ2n) is 5.92. The lowest BCUT2D eigenvalue weighted by Gasteiger charge is -2.31. The summed E-state index contributed by atoms with van der Waals surface area (Å²) < 4.78 is 26.8. The molecule has 140 valence electrons. The maximum Gasteiger partial charge on any atom is 0.342 e. The van der Waals surface area contributed by atoms with Gasteiger partial charge in [-0.15, -0.1) is 0 Å². The second kappa shape index (κ2) is 6.08. The van der Waals surface area contributed by atoms with Gasteiger partial charge in [0.15, 0.2) is 23.0 Å². The number of carbonyl (C=O) groups excluding carboxylic acids is 2. The van der Waals surface area contributed by atoms with Crippen molar-refractivity contribution in [2.24, 2.45) is 0 Å². The minimum atomic E-state index is -0.884. The lowest BCUT2D eigenvalue weighted by atomic mass is 10.1. The van der Waals surface area contributed by atoms with Crippen molar-refractivity contribution in [3.05, 3.63) is 41.0 Å². The largest absolute Gasteiger partial charge is 0.493 e. The summed E-state index contributed by atoms with van der Waals surface area (Å²) >= 11 is 0. The molecule has 0 aliphatic carbocycles. The molecule has 0 spiro atoms. The van der Waals surface area contributed by atoms with Gasteiger partial charge >= 0.3 is 5.97 Å². The van der Waals surface area contributed by atoms with Gasteiger partial charge in [-0.25, -0.2) is 4.79 Å². The van der Waals surface area contributed by atoms with E-state index in [1.54, 1.807) is 18.2 Å². The number of benzene rings is 2. The third-order valence-corrected chi connectivity index (χ3v) is 4.71. The van der Waals surface area contributed by atoms with Crippen LogP contribution in [0.2, 0.25) is 0 Å². The summed E-state index contributed by atoms with van der Waals surface area (Å²) in [6.45, 7) is 0. The van der Waals surface area contributed by atoms with E-state index in [0.29, 0.717) is 39.8 Å². The number of methoxy groups -OCH3 is 4. The molecule has 0 fully saturated rings. The predicted octanol–water partition coefficient (Wildman–Crippen LogP) is 2.55. The Morgan fingerprint density at radius 1 is 0.889 bits per heavy atom. The lowest BCUT2D eigenvalue weighted by molar-refractivity contribution is 0.0272. The van der Waals surface area contributed by atoms with Crippen LogP contribution in [-0.2, 0) is 4.74 Å². The van der Waals surface area contributed by atoms with Crippen molar-refractivity contribution >= 4 is 17.6 Å². The molecule has 0 saturated heterocycles. The van der Waals surface area contributed by atoms with Gasteiger partial charge < -0.3 is 23.7 Å². The van der Waals surface area contributed by atoms with E-state index in [-0.39, 0.29) is 11.5 Å². The average molecular weight is 371 g/mol. The zero-order valence-corrected chi connectivity index (χ0v) is 15.2. The third kappa shape index (κ3) is 2.22. The van der Waals surface area contributed by atoms with Crippen molar-refractivity contribution < 1.29 is 33.3 Å². The normalized spacial score (nSPS) is 16.9. The van der Waals surface area contributed by atoms with Gasteiger partial charge in [-0.05, 0) is 12.1 Å². The van der Waals surface area contributed by atoms with E-state index in [0.717, 1.165) is 0 Å². The van der Waals surface area contributed by atoms with Crippen LogP contribution in [0.15, 0.2) is 24.3 Å². The molecule has 0 saturated carbocycles. The van der Waals surface area contributed by atoms with Crippen LogP contribution >= 0.6 is 0 Å². The molecule has 8 heteroatoms. The molecule has 0 bridgehead atoms. The average Bonchev–Trinajstić information content (AvgIpc) is 2.98. The highest BCUT2D eigenvalue weighted by Crippen LogP contribution is 2.50. The Morgan fingerprint density at radius 3 is 2.19 bits per heavy atom. The molecule has 8 nitrogen and oxygen atoms in total. The minimum absolute atomic E-state index is 0.219. The van der Waals surface area contributed by atoms with E-state index in [2.05, 4.69) is 0 Å². The van der Waals surface area contributed by atoms with Crippen LogP contribution in [0.4, 0.5) is 5.69 Å². The Bertz CT molecular complexity index is 969. The number of fused-ring (bicyclic) bond motifs is 5. The van der Waals surface area contributed by atoms with Crippen LogP contribution in [0.3, 0.4) is 0 Å². The number of hydrogen-bond acceptors (Lipinski definition) is 7. The first kappa shape index (κ1) is 17.0. The first-order valence-electron chi connectivity index (χ1n) is 8.11. The number of anilines is 1. The molecular weight excluding hydrogens is 354 g/mol. The molecule has 2 heterocycles. The van der Waals surface area contributed by atoms with Gasteiger partial charge in [-0.2, -0.15) is 0 Å². The number of hydrogen-bond donors (Lipinski definition) is 0. The molecule has 4 rings (SSSR count). The molecule has 2 aromatic carbocycles. The maximum absolute atomic E-state index is 13.2. The summed E-state index contributed by atoms with van der Waals surface area (Å²) in [7, 11) is 5.90. The summed E-state index contributed by atoms with van der Waals surface area (Å²) in [4.78, 5) is 27.2. The van der Waals surface area contributed by atoms with Gasteiger partial charge in [-0.3, -0.25) is 9.69 Å². The summed E-state index contributed by atoms with van der Waals surface area (Å²) in [6, 6.07) is 6.46. The molecule has 2 aliphatic heterocycles. The standard InChI is InChI=1S/C19H17NO7/c1-23-12-6-5-9-15(16(12)26-4)17(21)20-11-8-14(25-3)13(24-2)7-10(11)19(22)27-18(9)20/h5-8,18H,1-4H3. The fraction of sp³-hybridized carbons (Fsp3) is 0.263. The first-order chi connectivity index (χ1) is 13.0. The first-order valence-corrected chi connectivity index (χ1v) is 8.11. The van der Waals surface area contributed by atoms with Gasteiger partial charge in [0.25, 0.3) is 5.91 Å². The SMILES string of the molecule is COc1cc2c(cc1OC)N1C(=O)c3c(ccc(OC)c3OC)C1OC2=O. The molecule has 2 aliphatic rings. The topological polar surface area (TPSA) is 83.5 Å². The third-order valence-electron chi connectivity index (χ3n) is 4.71. The van der Waals surface area contributed by atoms with E-state index < -0.39 is 12.2 Å². The zero-order chi connectivity index (χ0) is 19.3. The van der Waals surface area contributed by atoms with Gasteiger partial charge in [-0.1, -0.05) is 0 Å². The van der Waals surface area contributed by atoms with Crippen molar-refractivity contribution in [2.75, 3.05) is 33.3 Å². The molecule has 0 radical (unpaired) electrons. The second-order valence-corrected chi connectivity index (χ2v) is 5.92.